The van der Waals surface area contributed by atoms with E-state index in [1.165, 1.54) is 24.4 Å². The first kappa shape index (κ1) is 14.0. The minimum atomic E-state index is -0.372. The molecule has 0 N–H and O–H groups in total. The van der Waals surface area contributed by atoms with Crippen LogP contribution in [0.3, 0.4) is 0 Å². The molecule has 5 heteroatoms. The van der Waals surface area contributed by atoms with E-state index in [2.05, 4.69) is 4.98 Å². The molecule has 1 heterocycles. The number of hydrogen-bond donors (Lipinski definition) is 0. The van der Waals surface area contributed by atoms with E-state index < -0.39 is 0 Å². The van der Waals surface area contributed by atoms with E-state index in [0.29, 0.717) is 10.6 Å². The van der Waals surface area contributed by atoms with Crippen molar-refractivity contribution in [1.29, 1.82) is 0 Å². The summed E-state index contributed by atoms with van der Waals surface area (Å²) < 4.78 is 13.2. The maximum atomic E-state index is 13.2. The van der Waals surface area contributed by atoms with E-state index in [0.717, 1.165) is 5.56 Å². The van der Waals surface area contributed by atoms with E-state index >= 15 is 0 Å². The Labute approximate surface area is 120 Å². The number of aromatic nitrogens is 1. The molecule has 0 aliphatic carbocycles. The van der Waals surface area contributed by atoms with Crippen molar-refractivity contribution in [1.82, 2.24) is 4.98 Å². The smallest absolute Gasteiger partial charge is 0.187 e. The molecule has 0 spiro atoms. The number of pyridine rings is 1. The summed E-state index contributed by atoms with van der Waals surface area (Å²) >= 11 is 11.6. The van der Waals surface area contributed by atoms with Gasteiger partial charge in [0.25, 0.3) is 0 Å². The van der Waals surface area contributed by atoms with Gasteiger partial charge in [0, 0.05) is 12.6 Å². The van der Waals surface area contributed by atoms with Crippen LogP contribution in [0.4, 0.5) is 4.39 Å². The number of Topliss-reactive ketones (excluding diaryl/α,β-unsaturated/α-hetero) is 1. The van der Waals surface area contributed by atoms with Crippen LogP contribution in [0.15, 0.2) is 30.5 Å². The molecule has 0 atom stereocenters. The Bertz CT molecular complexity index is 643. The van der Waals surface area contributed by atoms with Crippen LogP contribution in [0.1, 0.15) is 21.6 Å². The monoisotopic (exact) mass is 297 g/mol. The highest BCUT2D eigenvalue weighted by atomic mass is 35.5. The van der Waals surface area contributed by atoms with Gasteiger partial charge in [-0.05, 0) is 36.2 Å². The number of carbonyl (C=O) groups excluding carboxylic acids is 1. The minimum Gasteiger partial charge on any atom is -0.292 e. The summed E-state index contributed by atoms with van der Waals surface area (Å²) in [7, 11) is 0. The van der Waals surface area contributed by atoms with Crippen LogP contribution in [-0.4, -0.2) is 10.8 Å². The molecular weight excluding hydrogens is 288 g/mol. The quantitative estimate of drug-likeness (QED) is 0.792. The number of benzene rings is 1. The van der Waals surface area contributed by atoms with Crippen molar-refractivity contribution >= 4 is 29.0 Å². The third kappa shape index (κ3) is 3.31. The Balaban J connectivity index is 2.28. The van der Waals surface area contributed by atoms with Crippen molar-refractivity contribution in [3.05, 3.63) is 63.1 Å². The molecule has 0 aliphatic heterocycles. The van der Waals surface area contributed by atoms with Crippen LogP contribution in [-0.2, 0) is 6.42 Å². The molecular formula is C14H10Cl2FNO. The summed E-state index contributed by atoms with van der Waals surface area (Å²) in [6.07, 6.45) is 1.41. The zero-order valence-corrected chi connectivity index (χ0v) is 11.6. The van der Waals surface area contributed by atoms with Gasteiger partial charge in [0.1, 0.15) is 11.5 Å². The van der Waals surface area contributed by atoms with Crippen LogP contribution in [0.2, 0.25) is 10.0 Å². The van der Waals surface area contributed by atoms with Crippen molar-refractivity contribution in [2.45, 2.75) is 13.3 Å². The molecule has 2 rings (SSSR count). The van der Waals surface area contributed by atoms with Crippen molar-refractivity contribution in [2.75, 3.05) is 0 Å². The standard InChI is InChI=1S/C14H10Cl2FNO/c1-8-2-3-11(17)4-9(8)5-13(19)14-12(16)6-10(15)7-18-14/h2-4,6-7H,5H2,1H3. The second-order valence-corrected chi connectivity index (χ2v) is 5.00. The van der Waals surface area contributed by atoms with Gasteiger partial charge in [0.05, 0.1) is 10.0 Å². The van der Waals surface area contributed by atoms with E-state index in [1.54, 1.807) is 6.07 Å². The highest BCUT2D eigenvalue weighted by Gasteiger charge is 2.14. The normalized spacial score (nSPS) is 10.5. The van der Waals surface area contributed by atoms with Crippen LogP contribution >= 0.6 is 23.2 Å². The first-order valence-electron chi connectivity index (χ1n) is 5.56. The van der Waals surface area contributed by atoms with Gasteiger partial charge in [-0.2, -0.15) is 0 Å². The number of nitrogens with zero attached hydrogens (tertiary/aromatic N) is 1. The third-order valence-corrected chi connectivity index (χ3v) is 3.23. The molecule has 1 aromatic carbocycles. The van der Waals surface area contributed by atoms with Gasteiger partial charge in [0.2, 0.25) is 0 Å². The summed E-state index contributed by atoms with van der Waals surface area (Å²) in [6.45, 7) is 1.82. The maximum absolute atomic E-state index is 13.2. The fraction of sp³-hybridized carbons (Fsp3) is 0.143. The van der Waals surface area contributed by atoms with Crippen LogP contribution < -0.4 is 0 Å². The van der Waals surface area contributed by atoms with Crippen molar-refractivity contribution in [3.8, 4) is 0 Å². The zero-order valence-electron chi connectivity index (χ0n) is 10.1. The largest absolute Gasteiger partial charge is 0.292 e. The Kier molecular flexibility index (Phi) is 4.17. The summed E-state index contributed by atoms with van der Waals surface area (Å²) in [4.78, 5) is 16.0. The molecule has 0 fully saturated rings. The third-order valence-electron chi connectivity index (χ3n) is 2.73. The van der Waals surface area contributed by atoms with Crippen molar-refractivity contribution in [3.63, 3.8) is 0 Å². The van der Waals surface area contributed by atoms with Gasteiger partial charge >= 0.3 is 0 Å². The fourth-order valence-corrected chi connectivity index (χ4v) is 2.19. The lowest BCUT2D eigenvalue weighted by Crippen LogP contribution is -2.08. The number of aryl methyl sites for hydroxylation is 1. The molecule has 0 unspecified atom stereocenters. The average Bonchev–Trinajstić information content (AvgIpc) is 2.33. The van der Waals surface area contributed by atoms with E-state index in [9.17, 15) is 9.18 Å². The molecule has 1 aromatic heterocycles. The molecule has 2 aromatic rings. The number of hydrogen-bond acceptors (Lipinski definition) is 2. The SMILES string of the molecule is Cc1ccc(F)cc1CC(=O)c1ncc(Cl)cc1Cl. The number of rotatable bonds is 3. The number of ketones is 1. The topological polar surface area (TPSA) is 30.0 Å². The molecule has 0 saturated heterocycles. The van der Waals surface area contributed by atoms with Gasteiger partial charge < -0.3 is 0 Å². The molecule has 98 valence electrons. The molecule has 0 aliphatic rings. The summed E-state index contributed by atoms with van der Waals surface area (Å²) in [5.74, 6) is -0.640. The zero-order chi connectivity index (χ0) is 14.0. The van der Waals surface area contributed by atoms with Crippen LogP contribution in [0, 0.1) is 12.7 Å². The van der Waals surface area contributed by atoms with Crippen molar-refractivity contribution in [2.24, 2.45) is 0 Å². The molecule has 19 heavy (non-hydrogen) atoms. The van der Waals surface area contributed by atoms with Gasteiger partial charge in [-0.15, -0.1) is 0 Å². The second-order valence-electron chi connectivity index (χ2n) is 4.15. The van der Waals surface area contributed by atoms with Gasteiger partial charge in [0.15, 0.2) is 5.78 Å². The highest BCUT2D eigenvalue weighted by molar-refractivity contribution is 6.36. The second kappa shape index (κ2) is 5.68. The van der Waals surface area contributed by atoms with Gasteiger partial charge in [-0.25, -0.2) is 9.37 Å². The van der Waals surface area contributed by atoms with Crippen LogP contribution in [0.25, 0.3) is 0 Å². The van der Waals surface area contributed by atoms with E-state index in [4.69, 9.17) is 23.2 Å². The molecule has 0 radical (unpaired) electrons. The predicted molar refractivity (Wildman–Crippen MR) is 73.4 cm³/mol. The predicted octanol–water partition coefficient (Wildman–Crippen LogP) is 4.26. The molecule has 0 bridgehead atoms. The van der Waals surface area contributed by atoms with Crippen molar-refractivity contribution < 1.29 is 9.18 Å². The lowest BCUT2D eigenvalue weighted by Gasteiger charge is -2.06. The first-order chi connectivity index (χ1) is 8.97. The Morgan fingerprint density at radius 3 is 2.74 bits per heavy atom. The first-order valence-corrected chi connectivity index (χ1v) is 6.32. The molecule has 0 saturated carbocycles. The highest BCUT2D eigenvalue weighted by Crippen LogP contribution is 2.21. The van der Waals surface area contributed by atoms with E-state index in [1.807, 2.05) is 6.92 Å². The Morgan fingerprint density at radius 2 is 2.05 bits per heavy atom. The lowest BCUT2D eigenvalue weighted by atomic mass is 10.0. The summed E-state index contributed by atoms with van der Waals surface area (Å²) in [5, 5.41) is 0.565. The Morgan fingerprint density at radius 1 is 1.32 bits per heavy atom. The lowest BCUT2D eigenvalue weighted by molar-refractivity contribution is 0.0988. The van der Waals surface area contributed by atoms with Crippen LogP contribution in [0.5, 0.6) is 0 Å². The molecule has 2 nitrogen and oxygen atoms in total. The summed E-state index contributed by atoms with van der Waals surface area (Å²) in [5.41, 5.74) is 1.62. The number of halogens is 3. The Hall–Kier alpha value is -1.45. The maximum Gasteiger partial charge on any atom is 0.187 e. The van der Waals surface area contributed by atoms with Gasteiger partial charge in [-0.3, -0.25) is 4.79 Å². The van der Waals surface area contributed by atoms with Gasteiger partial charge in [-0.1, -0.05) is 29.3 Å². The minimum absolute atomic E-state index is 0.0535. The summed E-state index contributed by atoms with van der Waals surface area (Å²) in [6, 6.07) is 5.80. The number of carbonyl (C=O) groups is 1. The van der Waals surface area contributed by atoms with E-state index in [-0.39, 0.29) is 28.7 Å². The molecule has 0 amide bonds. The fourth-order valence-electron chi connectivity index (χ4n) is 1.71. The average molecular weight is 298 g/mol.